The van der Waals surface area contributed by atoms with Crippen LogP contribution in [0.4, 0.5) is 4.39 Å². The molecule has 2 heterocycles. The highest BCUT2D eigenvalue weighted by atomic mass is 28.4. The Morgan fingerprint density at radius 3 is 2.39 bits per heavy atom. The van der Waals surface area contributed by atoms with Gasteiger partial charge in [0.25, 0.3) is 0 Å². The first-order valence-corrected chi connectivity index (χ1v) is 14.9. The van der Waals surface area contributed by atoms with Crippen molar-refractivity contribution >= 4 is 14.3 Å². The average molecular weight is 514 g/mol. The van der Waals surface area contributed by atoms with Crippen LogP contribution in [0, 0.1) is 12.7 Å². The van der Waals surface area contributed by atoms with Gasteiger partial charge in [-0.25, -0.2) is 9.18 Å². The van der Waals surface area contributed by atoms with Crippen LogP contribution in [-0.4, -0.2) is 41.1 Å². The zero-order valence-electron chi connectivity index (χ0n) is 22.2. The van der Waals surface area contributed by atoms with Crippen molar-refractivity contribution in [2.45, 2.75) is 72.1 Å². The van der Waals surface area contributed by atoms with Gasteiger partial charge in [-0.1, -0.05) is 32.9 Å². The van der Waals surface area contributed by atoms with E-state index in [-0.39, 0.29) is 10.9 Å². The van der Waals surface area contributed by atoms with Crippen LogP contribution in [-0.2, 0) is 35.4 Å². The van der Waals surface area contributed by atoms with E-state index in [1.54, 1.807) is 24.3 Å². The van der Waals surface area contributed by atoms with Crippen LogP contribution in [0.2, 0.25) is 18.1 Å². The summed E-state index contributed by atoms with van der Waals surface area (Å²) in [7, 11) is -0.614. The number of nitrogens with one attached hydrogen (secondary N) is 1. The van der Waals surface area contributed by atoms with Gasteiger partial charge in [-0.3, -0.25) is 4.98 Å². The highest BCUT2D eigenvalue weighted by molar-refractivity contribution is 6.74. The van der Waals surface area contributed by atoms with Crippen molar-refractivity contribution in [1.82, 2.24) is 25.1 Å². The first-order chi connectivity index (χ1) is 16.9. The van der Waals surface area contributed by atoms with Crippen molar-refractivity contribution < 1.29 is 18.3 Å². The number of pyridine rings is 1. The van der Waals surface area contributed by atoms with Crippen molar-refractivity contribution in [2.24, 2.45) is 0 Å². The first-order valence-electron chi connectivity index (χ1n) is 12.0. The van der Waals surface area contributed by atoms with E-state index in [1.807, 2.05) is 11.5 Å². The third-order valence-corrected chi connectivity index (χ3v) is 11.1. The second-order valence-electron chi connectivity index (χ2n) is 10.4. The molecule has 0 saturated carbocycles. The van der Waals surface area contributed by atoms with Crippen LogP contribution in [0.25, 0.3) is 0 Å². The second kappa shape index (κ2) is 11.4. The topological polar surface area (TPSA) is 91.2 Å². The van der Waals surface area contributed by atoms with E-state index in [0.717, 1.165) is 17.2 Å². The highest BCUT2D eigenvalue weighted by Crippen LogP contribution is 2.37. The van der Waals surface area contributed by atoms with Crippen molar-refractivity contribution in [3.05, 3.63) is 76.4 Å². The van der Waals surface area contributed by atoms with E-state index in [9.17, 15) is 9.18 Å². The van der Waals surface area contributed by atoms with E-state index >= 15 is 0 Å². The van der Waals surface area contributed by atoms with Gasteiger partial charge in [0, 0.05) is 6.54 Å². The number of halogens is 1. The predicted molar refractivity (Wildman–Crippen MR) is 138 cm³/mol. The zero-order chi connectivity index (χ0) is 26.5. The Bertz CT molecular complexity index is 1190. The molecule has 1 aromatic carbocycles. The molecule has 3 rings (SSSR count). The molecule has 0 fully saturated rings. The molecule has 0 atom stereocenters. The van der Waals surface area contributed by atoms with Crippen molar-refractivity contribution in [3.63, 3.8) is 0 Å². The van der Waals surface area contributed by atoms with E-state index in [1.165, 1.54) is 19.2 Å². The molecule has 3 aromatic rings. The Kier molecular flexibility index (Phi) is 8.75. The molecule has 8 nitrogen and oxygen atoms in total. The average Bonchev–Trinajstić information content (AvgIpc) is 3.17. The van der Waals surface area contributed by atoms with Gasteiger partial charge in [0.1, 0.15) is 17.5 Å². The highest BCUT2D eigenvalue weighted by Gasteiger charge is 2.37. The van der Waals surface area contributed by atoms with E-state index in [0.29, 0.717) is 43.2 Å². The molecule has 36 heavy (non-hydrogen) atoms. The van der Waals surface area contributed by atoms with Crippen molar-refractivity contribution in [2.75, 3.05) is 7.11 Å². The summed E-state index contributed by atoms with van der Waals surface area (Å²) in [4.78, 5) is 17.0. The standard InChI is InChI=1S/C26H36FN5O3Si/c1-18-30-31-24(32(18)16-19-8-10-21(27)11-9-19)15-28-14-22-12-20(25(33)34-5)13-23(29-22)17-35-36(6,7)26(2,3)4/h8-13,28H,14-17H2,1-7H3. The van der Waals surface area contributed by atoms with Gasteiger partial charge in [0.05, 0.1) is 43.8 Å². The van der Waals surface area contributed by atoms with Gasteiger partial charge < -0.3 is 19.0 Å². The third kappa shape index (κ3) is 7.05. The molecule has 194 valence electrons. The van der Waals surface area contributed by atoms with E-state index in [4.69, 9.17) is 14.1 Å². The van der Waals surface area contributed by atoms with Crippen molar-refractivity contribution in [3.8, 4) is 0 Å². The quantitative estimate of drug-likeness (QED) is 0.308. The number of methoxy groups -OCH3 is 1. The molecular formula is C26H36FN5O3Si. The number of rotatable bonds is 10. The lowest BCUT2D eigenvalue weighted by molar-refractivity contribution is 0.0600. The number of esters is 1. The lowest BCUT2D eigenvalue weighted by Gasteiger charge is -2.36. The summed E-state index contributed by atoms with van der Waals surface area (Å²) in [6.07, 6.45) is 0. The summed E-state index contributed by atoms with van der Waals surface area (Å²) in [5.74, 6) is 0.841. The van der Waals surface area contributed by atoms with Gasteiger partial charge in [0.15, 0.2) is 8.32 Å². The Morgan fingerprint density at radius 2 is 1.75 bits per heavy atom. The lowest BCUT2D eigenvalue weighted by atomic mass is 10.2. The monoisotopic (exact) mass is 513 g/mol. The lowest BCUT2D eigenvalue weighted by Crippen LogP contribution is -2.40. The number of aryl methyl sites for hydroxylation is 1. The Morgan fingerprint density at radius 1 is 1.08 bits per heavy atom. The molecule has 0 radical (unpaired) electrons. The first kappa shape index (κ1) is 27.6. The van der Waals surface area contributed by atoms with E-state index in [2.05, 4.69) is 49.4 Å². The minimum atomic E-state index is -1.98. The molecular weight excluding hydrogens is 477 g/mol. The summed E-state index contributed by atoms with van der Waals surface area (Å²) in [6.45, 7) is 14.5. The summed E-state index contributed by atoms with van der Waals surface area (Å²) >= 11 is 0. The molecule has 10 heteroatoms. The van der Waals surface area contributed by atoms with Gasteiger partial charge in [-0.05, 0) is 54.9 Å². The maximum absolute atomic E-state index is 13.3. The Balaban J connectivity index is 1.71. The predicted octanol–water partition coefficient (Wildman–Crippen LogP) is 4.77. The number of ether oxygens (including phenoxy) is 1. The fourth-order valence-electron chi connectivity index (χ4n) is 3.36. The molecule has 0 amide bonds. The third-order valence-electron chi connectivity index (χ3n) is 6.60. The fourth-order valence-corrected chi connectivity index (χ4v) is 4.30. The summed E-state index contributed by atoms with van der Waals surface area (Å²) < 4.78 is 26.5. The molecule has 0 bridgehead atoms. The number of hydrogen-bond donors (Lipinski definition) is 1. The minimum absolute atomic E-state index is 0.0688. The number of nitrogens with zero attached hydrogens (tertiary/aromatic N) is 4. The van der Waals surface area contributed by atoms with Crippen LogP contribution in [0.1, 0.15) is 59.7 Å². The van der Waals surface area contributed by atoms with Crippen molar-refractivity contribution in [1.29, 1.82) is 0 Å². The Hall–Kier alpha value is -2.95. The summed E-state index contributed by atoms with van der Waals surface area (Å²) in [5, 5.41) is 11.9. The molecule has 0 unspecified atom stereocenters. The smallest absolute Gasteiger partial charge is 0.337 e. The molecule has 2 aromatic heterocycles. The van der Waals surface area contributed by atoms with Gasteiger partial charge in [0.2, 0.25) is 0 Å². The number of carbonyl (C=O) groups excluding carboxylic acids is 1. The number of carbonyl (C=O) groups is 1. The second-order valence-corrected chi connectivity index (χ2v) is 15.2. The van der Waals surface area contributed by atoms with Crippen LogP contribution >= 0.6 is 0 Å². The SMILES string of the molecule is COC(=O)c1cc(CNCc2nnc(C)n2Cc2ccc(F)cc2)nc(CO[Si](C)(C)C(C)(C)C)c1. The molecule has 0 aliphatic heterocycles. The fraction of sp³-hybridized carbons (Fsp3) is 0.462. The number of hydrogen-bond acceptors (Lipinski definition) is 7. The largest absolute Gasteiger partial charge is 0.465 e. The Labute approximate surface area is 213 Å². The normalized spacial score (nSPS) is 12.1. The summed E-state index contributed by atoms with van der Waals surface area (Å²) in [6, 6.07) is 9.84. The molecule has 0 aliphatic rings. The molecule has 0 spiro atoms. The van der Waals surface area contributed by atoms with E-state index < -0.39 is 14.3 Å². The van der Waals surface area contributed by atoms with Gasteiger partial charge >= 0.3 is 5.97 Å². The molecule has 1 N–H and O–H groups in total. The van der Waals surface area contributed by atoms with Gasteiger partial charge in [-0.2, -0.15) is 0 Å². The van der Waals surface area contributed by atoms with Crippen LogP contribution in [0.5, 0.6) is 0 Å². The van der Waals surface area contributed by atoms with Crippen LogP contribution < -0.4 is 5.32 Å². The maximum atomic E-state index is 13.3. The minimum Gasteiger partial charge on any atom is -0.465 e. The summed E-state index contributed by atoms with van der Waals surface area (Å²) in [5.41, 5.74) is 2.79. The molecule has 0 aliphatic carbocycles. The number of benzene rings is 1. The zero-order valence-corrected chi connectivity index (χ0v) is 23.2. The number of aromatic nitrogens is 4. The maximum Gasteiger partial charge on any atom is 0.337 e. The molecule has 0 saturated heterocycles. The van der Waals surface area contributed by atoms with Gasteiger partial charge in [-0.15, -0.1) is 10.2 Å². The van der Waals surface area contributed by atoms with Crippen LogP contribution in [0.15, 0.2) is 36.4 Å². The van der Waals surface area contributed by atoms with Crippen LogP contribution in [0.3, 0.4) is 0 Å².